The zero-order valence-corrected chi connectivity index (χ0v) is 15.9. The lowest BCUT2D eigenvalue weighted by molar-refractivity contribution is 0.252. The number of hydrogen-bond donors (Lipinski definition) is 2. The molecule has 6 heteroatoms. The van der Waals surface area contributed by atoms with Crippen molar-refractivity contribution in [2.45, 2.75) is 31.6 Å². The molecular formula is C21H18N4OS. The largest absolute Gasteiger partial charge is 0.445 e. The zero-order chi connectivity index (χ0) is 19.3. The third-order valence-electron chi connectivity index (χ3n) is 5.16. The summed E-state index contributed by atoms with van der Waals surface area (Å²) in [6, 6.07) is 14.2. The van der Waals surface area contributed by atoms with Gasteiger partial charge >= 0.3 is 0 Å². The summed E-state index contributed by atoms with van der Waals surface area (Å²) in [7, 11) is 0. The first-order chi connectivity index (χ1) is 12.9. The summed E-state index contributed by atoms with van der Waals surface area (Å²) in [6.45, 7) is 4.21. The Hall–Kier alpha value is -3.22. The molecule has 0 saturated carbocycles. The molecule has 4 N–H and O–H groups in total. The van der Waals surface area contributed by atoms with Gasteiger partial charge in [0, 0.05) is 27.8 Å². The molecule has 1 aliphatic carbocycles. The van der Waals surface area contributed by atoms with Crippen LogP contribution >= 0.6 is 11.3 Å². The maximum absolute atomic E-state index is 9.79. The Balaban J connectivity index is 2.06. The highest BCUT2D eigenvalue weighted by atomic mass is 32.1. The summed E-state index contributed by atoms with van der Waals surface area (Å²) >= 11 is 1.45. The Morgan fingerprint density at radius 1 is 1.15 bits per heavy atom. The summed E-state index contributed by atoms with van der Waals surface area (Å²) in [6.07, 6.45) is 0.628. The minimum atomic E-state index is -0.379. The maximum Gasteiger partial charge on any atom is 0.205 e. The van der Waals surface area contributed by atoms with E-state index in [9.17, 15) is 10.5 Å². The average molecular weight is 374 g/mol. The molecule has 2 aliphatic rings. The van der Waals surface area contributed by atoms with Gasteiger partial charge in [-0.3, -0.25) is 0 Å². The fourth-order valence-electron chi connectivity index (χ4n) is 3.98. The van der Waals surface area contributed by atoms with Crippen LogP contribution in [0.1, 0.15) is 47.8 Å². The molecule has 2 heterocycles. The van der Waals surface area contributed by atoms with Crippen molar-refractivity contribution < 1.29 is 4.74 Å². The van der Waals surface area contributed by atoms with E-state index in [0.717, 1.165) is 21.6 Å². The van der Waals surface area contributed by atoms with Gasteiger partial charge in [-0.2, -0.15) is 10.5 Å². The van der Waals surface area contributed by atoms with Crippen LogP contribution in [0.25, 0.3) is 5.57 Å². The summed E-state index contributed by atoms with van der Waals surface area (Å²) in [5.41, 5.74) is 15.5. The second kappa shape index (κ2) is 5.90. The van der Waals surface area contributed by atoms with Crippen LogP contribution in [0.4, 0.5) is 5.00 Å². The van der Waals surface area contributed by atoms with E-state index >= 15 is 0 Å². The number of rotatable bonds is 1. The van der Waals surface area contributed by atoms with Gasteiger partial charge in [0.2, 0.25) is 5.88 Å². The Bertz CT molecular complexity index is 1090. The molecule has 0 radical (unpaired) electrons. The maximum atomic E-state index is 9.79. The number of benzene rings is 1. The van der Waals surface area contributed by atoms with Crippen LogP contribution < -0.4 is 11.5 Å². The van der Waals surface area contributed by atoms with E-state index in [4.69, 9.17) is 16.2 Å². The summed E-state index contributed by atoms with van der Waals surface area (Å²) in [5.74, 6) is 0.467. The van der Waals surface area contributed by atoms with E-state index in [0.29, 0.717) is 28.3 Å². The van der Waals surface area contributed by atoms with Crippen LogP contribution in [-0.2, 0) is 10.2 Å². The molecule has 5 nitrogen and oxygen atoms in total. The summed E-state index contributed by atoms with van der Waals surface area (Å²) in [5, 5.41) is 20.1. The number of fused-ring (bicyclic) bond motifs is 2. The van der Waals surface area contributed by atoms with Crippen LogP contribution in [0, 0.1) is 22.7 Å². The van der Waals surface area contributed by atoms with Crippen LogP contribution in [-0.4, -0.2) is 0 Å². The molecule has 1 aliphatic heterocycles. The molecule has 27 heavy (non-hydrogen) atoms. The number of allylic oxidation sites excluding steroid dienone is 3. The predicted molar refractivity (Wildman–Crippen MR) is 105 cm³/mol. The average Bonchev–Trinajstić information content (AvgIpc) is 2.98. The number of nitrogen functional groups attached to an aromatic ring is 1. The standard InChI is InChI=1S/C21H18N4OS/c1-21(2)8-14-17(16-13(10-23)20(25)27-18(16)21)15(11-6-4-3-5-7-11)12(9-22)19(24)26-14/h3-7,15H,8,24-25H2,1-2H3. The van der Waals surface area contributed by atoms with Gasteiger partial charge in [0.15, 0.2) is 0 Å². The highest BCUT2D eigenvalue weighted by molar-refractivity contribution is 7.16. The molecule has 0 saturated heterocycles. The normalized spacial score (nSPS) is 20.2. The molecule has 1 aromatic heterocycles. The van der Waals surface area contributed by atoms with Crippen LogP contribution in [0.3, 0.4) is 0 Å². The third-order valence-corrected chi connectivity index (χ3v) is 6.55. The SMILES string of the molecule is CC1(C)CC2=C(c3c1sc(N)c3C#N)C(c1ccccc1)C(C#N)=C(N)O2. The van der Waals surface area contributed by atoms with E-state index in [1.54, 1.807) is 0 Å². The topological polar surface area (TPSA) is 109 Å². The number of nitriles is 2. The second-order valence-corrected chi connectivity index (χ2v) is 8.44. The minimum absolute atomic E-state index is 0.131. The molecule has 1 atom stereocenters. The fourth-order valence-corrected chi connectivity index (χ4v) is 5.11. The second-order valence-electron chi connectivity index (χ2n) is 7.39. The lowest BCUT2D eigenvalue weighted by Crippen LogP contribution is -2.30. The van der Waals surface area contributed by atoms with Gasteiger partial charge in [0.25, 0.3) is 0 Å². The van der Waals surface area contributed by atoms with Crippen LogP contribution in [0.2, 0.25) is 0 Å². The van der Waals surface area contributed by atoms with Crippen molar-refractivity contribution in [2.24, 2.45) is 5.73 Å². The molecule has 0 amide bonds. The van der Waals surface area contributed by atoms with Gasteiger partial charge in [-0.05, 0) is 5.56 Å². The minimum Gasteiger partial charge on any atom is -0.445 e. The van der Waals surface area contributed by atoms with E-state index in [1.165, 1.54) is 11.3 Å². The molecule has 134 valence electrons. The lowest BCUT2D eigenvalue weighted by Gasteiger charge is -2.38. The van der Waals surface area contributed by atoms with Crippen molar-refractivity contribution in [1.82, 2.24) is 0 Å². The molecule has 1 aromatic carbocycles. The first-order valence-electron chi connectivity index (χ1n) is 8.57. The Morgan fingerprint density at radius 3 is 2.48 bits per heavy atom. The van der Waals surface area contributed by atoms with E-state index in [1.807, 2.05) is 30.3 Å². The first-order valence-corrected chi connectivity index (χ1v) is 9.39. The van der Waals surface area contributed by atoms with Gasteiger partial charge in [0.05, 0.1) is 11.5 Å². The molecule has 0 bridgehead atoms. The van der Waals surface area contributed by atoms with Gasteiger partial charge in [-0.15, -0.1) is 11.3 Å². The van der Waals surface area contributed by atoms with Gasteiger partial charge < -0.3 is 16.2 Å². The van der Waals surface area contributed by atoms with Crippen molar-refractivity contribution in [2.75, 3.05) is 5.73 Å². The fraction of sp³-hybridized carbons (Fsp3) is 0.238. The molecule has 0 spiro atoms. The molecule has 0 fully saturated rings. The smallest absolute Gasteiger partial charge is 0.205 e. The molecule has 4 rings (SSSR count). The van der Waals surface area contributed by atoms with Gasteiger partial charge in [-0.25, -0.2) is 0 Å². The van der Waals surface area contributed by atoms with Crippen LogP contribution in [0.15, 0.2) is 47.5 Å². The van der Waals surface area contributed by atoms with Crippen molar-refractivity contribution in [3.8, 4) is 12.1 Å². The van der Waals surface area contributed by atoms with Crippen molar-refractivity contribution in [1.29, 1.82) is 10.5 Å². The lowest BCUT2D eigenvalue weighted by atomic mass is 9.70. The molecule has 1 unspecified atom stereocenters. The summed E-state index contributed by atoms with van der Waals surface area (Å²) in [4.78, 5) is 1.05. The van der Waals surface area contributed by atoms with Crippen molar-refractivity contribution >= 4 is 21.9 Å². The third kappa shape index (κ3) is 2.42. The predicted octanol–water partition coefficient (Wildman–Crippen LogP) is 4.10. The van der Waals surface area contributed by atoms with E-state index < -0.39 is 0 Å². The van der Waals surface area contributed by atoms with Crippen molar-refractivity contribution in [3.63, 3.8) is 0 Å². The summed E-state index contributed by atoms with van der Waals surface area (Å²) < 4.78 is 5.92. The first kappa shape index (κ1) is 17.2. The molecular weight excluding hydrogens is 356 g/mol. The highest BCUT2D eigenvalue weighted by Gasteiger charge is 2.44. The number of nitrogens with zero attached hydrogens (tertiary/aromatic N) is 2. The number of thiophene rings is 1. The van der Waals surface area contributed by atoms with E-state index in [-0.39, 0.29) is 17.2 Å². The van der Waals surface area contributed by atoms with E-state index in [2.05, 4.69) is 26.0 Å². The van der Waals surface area contributed by atoms with Crippen LogP contribution in [0.5, 0.6) is 0 Å². The Labute approximate surface area is 161 Å². The monoisotopic (exact) mass is 374 g/mol. The van der Waals surface area contributed by atoms with Gasteiger partial charge in [0.1, 0.15) is 28.5 Å². The molecule has 2 aromatic rings. The zero-order valence-electron chi connectivity index (χ0n) is 15.0. The Morgan fingerprint density at radius 2 is 1.85 bits per heavy atom. The highest BCUT2D eigenvalue weighted by Crippen LogP contribution is 2.56. The number of nitrogens with two attached hydrogens (primary N) is 2. The number of ether oxygens (including phenoxy) is 1. The quantitative estimate of drug-likeness (QED) is 0.781. The number of anilines is 1. The Kier molecular flexibility index (Phi) is 3.76. The number of hydrogen-bond acceptors (Lipinski definition) is 6. The van der Waals surface area contributed by atoms with Gasteiger partial charge in [-0.1, -0.05) is 44.2 Å². The van der Waals surface area contributed by atoms with Crippen molar-refractivity contribution in [3.05, 3.63) is 69.1 Å².